The van der Waals surface area contributed by atoms with Gasteiger partial charge in [-0.05, 0) is 72.1 Å². The lowest BCUT2D eigenvalue weighted by atomic mass is 9.80. The number of hydrogen-bond donors (Lipinski definition) is 1. The van der Waals surface area contributed by atoms with Crippen LogP contribution in [0.15, 0.2) is 100 Å². The molecule has 0 aromatic heterocycles. The summed E-state index contributed by atoms with van der Waals surface area (Å²) in [5.41, 5.74) is 12.5. The number of aliphatic imine (C=N–C) groups is 1. The van der Waals surface area contributed by atoms with Crippen molar-refractivity contribution in [1.29, 1.82) is 0 Å². The van der Waals surface area contributed by atoms with E-state index in [1.807, 2.05) is 12.1 Å². The van der Waals surface area contributed by atoms with Crippen molar-refractivity contribution in [3.05, 3.63) is 112 Å². The first kappa shape index (κ1) is 27.7. The van der Waals surface area contributed by atoms with E-state index in [0.717, 1.165) is 68.0 Å². The minimum absolute atomic E-state index is 0.0570. The lowest BCUT2D eigenvalue weighted by Gasteiger charge is -2.32. The fourth-order valence-electron chi connectivity index (χ4n) is 6.46. The summed E-state index contributed by atoms with van der Waals surface area (Å²) in [6.07, 6.45) is 12.6. The number of benzene rings is 2. The van der Waals surface area contributed by atoms with Crippen LogP contribution in [0.25, 0.3) is 5.57 Å². The second kappa shape index (κ2) is 12.6. The zero-order valence-corrected chi connectivity index (χ0v) is 24.0. The average molecular weight is 550 g/mol. The van der Waals surface area contributed by atoms with Gasteiger partial charge in [0.2, 0.25) is 0 Å². The molecule has 4 aliphatic rings. The van der Waals surface area contributed by atoms with E-state index in [2.05, 4.69) is 73.4 Å². The smallest absolute Gasteiger partial charge is 0.124 e. The maximum Gasteiger partial charge on any atom is 0.124 e. The van der Waals surface area contributed by atoms with Crippen LogP contribution >= 0.6 is 0 Å². The predicted molar refractivity (Wildman–Crippen MR) is 163 cm³/mol. The SMILES string of the molecule is COc1ccc(C2=CC=C3C(=CC2)C=C=C(C2CCOC(c4ccccc4)C2)N=C3C2CCOC[C@@H]2C)cc1CO. The molecule has 0 saturated carbocycles. The van der Waals surface area contributed by atoms with Crippen LogP contribution in [0.4, 0.5) is 0 Å². The molecule has 212 valence electrons. The molecule has 4 atom stereocenters. The fourth-order valence-corrected chi connectivity index (χ4v) is 6.46. The number of ether oxygens (including phenoxy) is 3. The van der Waals surface area contributed by atoms with Gasteiger partial charge < -0.3 is 19.3 Å². The summed E-state index contributed by atoms with van der Waals surface area (Å²) in [5, 5.41) is 9.87. The third-order valence-electron chi connectivity index (χ3n) is 8.85. The van der Waals surface area contributed by atoms with Gasteiger partial charge in [0.05, 0.1) is 31.2 Å². The third-order valence-corrected chi connectivity index (χ3v) is 8.85. The summed E-state index contributed by atoms with van der Waals surface area (Å²) in [6.45, 7) is 4.47. The van der Waals surface area contributed by atoms with Gasteiger partial charge in [0.25, 0.3) is 0 Å². The van der Waals surface area contributed by atoms with Gasteiger partial charge in [-0.1, -0.05) is 67.3 Å². The molecule has 5 heteroatoms. The Hall–Kier alpha value is -3.47. The third kappa shape index (κ3) is 5.95. The number of aliphatic hydroxyl groups excluding tert-OH is 1. The summed E-state index contributed by atoms with van der Waals surface area (Å²) in [7, 11) is 1.63. The summed E-state index contributed by atoms with van der Waals surface area (Å²) in [6, 6.07) is 16.6. The van der Waals surface area contributed by atoms with Crippen LogP contribution in [-0.4, -0.2) is 37.7 Å². The molecule has 2 saturated heterocycles. The van der Waals surface area contributed by atoms with Gasteiger partial charge >= 0.3 is 0 Å². The highest BCUT2D eigenvalue weighted by molar-refractivity contribution is 6.08. The van der Waals surface area contributed by atoms with E-state index < -0.39 is 0 Å². The van der Waals surface area contributed by atoms with Crippen LogP contribution in [0.1, 0.15) is 55.4 Å². The van der Waals surface area contributed by atoms with E-state index in [9.17, 15) is 5.11 Å². The molecule has 0 amide bonds. The molecule has 3 heterocycles. The van der Waals surface area contributed by atoms with Gasteiger partial charge in [-0.15, -0.1) is 0 Å². The highest BCUT2D eigenvalue weighted by Gasteiger charge is 2.33. The van der Waals surface area contributed by atoms with Crippen LogP contribution in [0.3, 0.4) is 0 Å². The summed E-state index contributed by atoms with van der Waals surface area (Å²) in [5.74, 6) is 1.71. The van der Waals surface area contributed by atoms with Crippen LogP contribution < -0.4 is 4.74 Å². The number of fused-ring (bicyclic) bond motifs is 1. The van der Waals surface area contributed by atoms with Gasteiger partial charge in [-0.3, -0.25) is 0 Å². The largest absolute Gasteiger partial charge is 0.496 e. The molecule has 0 spiro atoms. The quantitative estimate of drug-likeness (QED) is 0.389. The molecule has 2 aromatic rings. The standard InChI is InChI=1S/C36H39NO4/c1-24-23-40-18-17-31(24)36-32-13-10-25(28-12-15-34(39-2)30(20-28)22-38)8-9-26(32)11-14-33(37-36)29-16-19-41-35(21-29)27-6-4-3-5-7-27/h3-7,9-13,15,20,24,29,31,35,38H,8,16-19,21-23H2,1-2H3/t24-,29?,31?,35?/m0/s1. The van der Waals surface area contributed by atoms with Crippen molar-refractivity contribution in [2.75, 3.05) is 26.9 Å². The molecular weight excluding hydrogens is 510 g/mol. The molecular formula is C36H39NO4. The van der Waals surface area contributed by atoms with Crippen molar-refractivity contribution in [2.45, 2.75) is 45.3 Å². The van der Waals surface area contributed by atoms with Crippen molar-refractivity contribution < 1.29 is 19.3 Å². The molecule has 5 nitrogen and oxygen atoms in total. The lowest BCUT2D eigenvalue weighted by Crippen LogP contribution is -2.33. The summed E-state index contributed by atoms with van der Waals surface area (Å²) < 4.78 is 17.5. The monoisotopic (exact) mass is 549 g/mol. The van der Waals surface area contributed by atoms with Crippen molar-refractivity contribution in [1.82, 2.24) is 0 Å². The first-order chi connectivity index (χ1) is 20.1. The number of nitrogens with zero attached hydrogens (tertiary/aromatic N) is 1. The van der Waals surface area contributed by atoms with E-state index in [1.165, 1.54) is 22.3 Å². The molecule has 0 bridgehead atoms. The minimum Gasteiger partial charge on any atom is -0.496 e. The Morgan fingerprint density at radius 3 is 2.76 bits per heavy atom. The average Bonchev–Trinajstić information content (AvgIpc) is 3.35. The maximum absolute atomic E-state index is 9.87. The number of hydrogen-bond acceptors (Lipinski definition) is 5. The van der Waals surface area contributed by atoms with Gasteiger partial charge in [0.1, 0.15) is 5.75 Å². The highest BCUT2D eigenvalue weighted by atomic mass is 16.5. The summed E-state index contributed by atoms with van der Waals surface area (Å²) in [4.78, 5) is 5.47. The zero-order valence-electron chi connectivity index (χ0n) is 24.0. The summed E-state index contributed by atoms with van der Waals surface area (Å²) >= 11 is 0. The number of methoxy groups -OCH3 is 1. The second-order valence-electron chi connectivity index (χ2n) is 11.4. The van der Waals surface area contributed by atoms with E-state index in [-0.39, 0.29) is 12.7 Å². The normalized spacial score (nSPS) is 26.4. The molecule has 2 aromatic carbocycles. The Kier molecular flexibility index (Phi) is 8.50. The van der Waals surface area contributed by atoms with Crippen molar-refractivity contribution >= 4 is 11.3 Å². The predicted octanol–water partition coefficient (Wildman–Crippen LogP) is 7.16. The number of rotatable bonds is 6. The van der Waals surface area contributed by atoms with E-state index >= 15 is 0 Å². The molecule has 1 aliphatic carbocycles. The molecule has 2 fully saturated rings. The van der Waals surface area contributed by atoms with Crippen molar-refractivity contribution in [2.24, 2.45) is 22.7 Å². The Morgan fingerprint density at radius 2 is 1.95 bits per heavy atom. The Labute approximate surface area is 243 Å². The first-order valence-electron chi connectivity index (χ1n) is 14.8. The van der Waals surface area contributed by atoms with Crippen LogP contribution in [0, 0.1) is 17.8 Å². The van der Waals surface area contributed by atoms with Gasteiger partial charge in [-0.25, -0.2) is 4.99 Å². The minimum atomic E-state index is -0.0570. The fraction of sp³-hybridized carbons (Fsp3) is 0.389. The first-order valence-corrected chi connectivity index (χ1v) is 14.8. The molecule has 1 N–H and O–H groups in total. The maximum atomic E-state index is 9.87. The molecule has 41 heavy (non-hydrogen) atoms. The van der Waals surface area contributed by atoms with Crippen molar-refractivity contribution in [3.63, 3.8) is 0 Å². The van der Waals surface area contributed by atoms with E-state index in [4.69, 9.17) is 19.2 Å². The van der Waals surface area contributed by atoms with E-state index in [1.54, 1.807) is 7.11 Å². The van der Waals surface area contributed by atoms with Gasteiger partial charge in [0.15, 0.2) is 0 Å². The number of aliphatic hydroxyl groups is 1. The molecule has 3 aliphatic heterocycles. The highest BCUT2D eigenvalue weighted by Crippen LogP contribution is 2.39. The Bertz CT molecular complexity index is 1460. The zero-order chi connectivity index (χ0) is 28.2. The van der Waals surface area contributed by atoms with Crippen molar-refractivity contribution in [3.8, 4) is 5.75 Å². The topological polar surface area (TPSA) is 60.3 Å². The second-order valence-corrected chi connectivity index (χ2v) is 11.4. The Morgan fingerprint density at radius 1 is 1.07 bits per heavy atom. The van der Waals surface area contributed by atoms with Gasteiger partial charge in [-0.2, -0.15) is 0 Å². The van der Waals surface area contributed by atoms with E-state index in [0.29, 0.717) is 23.5 Å². The molecule has 3 unspecified atom stereocenters. The lowest BCUT2D eigenvalue weighted by molar-refractivity contribution is -0.00305. The molecule has 0 radical (unpaired) electrons. The van der Waals surface area contributed by atoms with Crippen LogP contribution in [0.2, 0.25) is 0 Å². The number of allylic oxidation sites excluding steroid dienone is 7. The Balaban J connectivity index is 1.37. The molecule has 6 rings (SSSR count). The van der Waals surface area contributed by atoms with Crippen LogP contribution in [0.5, 0.6) is 5.75 Å². The van der Waals surface area contributed by atoms with Crippen LogP contribution in [-0.2, 0) is 16.1 Å². The van der Waals surface area contributed by atoms with Gasteiger partial charge in [0, 0.05) is 42.8 Å².